The summed E-state index contributed by atoms with van der Waals surface area (Å²) in [5.41, 5.74) is 6.29. The van der Waals surface area contributed by atoms with E-state index in [2.05, 4.69) is 0 Å². The van der Waals surface area contributed by atoms with Crippen LogP contribution in [0.25, 0.3) is 0 Å². The molecule has 1 aromatic carbocycles. The van der Waals surface area contributed by atoms with Crippen molar-refractivity contribution < 1.29 is 8.95 Å². The average molecular weight is 241 g/mol. The van der Waals surface area contributed by atoms with E-state index in [9.17, 15) is 4.21 Å². The zero-order valence-electron chi connectivity index (χ0n) is 9.81. The fraction of sp³-hybridized carbons (Fsp3) is 0.500. The van der Waals surface area contributed by atoms with Crippen LogP contribution < -0.4 is 10.5 Å². The SMILES string of the molecule is CC(C)S(=O)CCCOc1ccc(N)cc1. The lowest BCUT2D eigenvalue weighted by molar-refractivity contribution is 0.318. The number of anilines is 1. The van der Waals surface area contributed by atoms with Crippen molar-refractivity contribution in [2.24, 2.45) is 0 Å². The molecular weight excluding hydrogens is 222 g/mol. The average Bonchev–Trinajstić information content (AvgIpc) is 2.26. The number of ether oxygens (including phenoxy) is 1. The van der Waals surface area contributed by atoms with Gasteiger partial charge in [0.2, 0.25) is 0 Å². The molecule has 0 radical (unpaired) electrons. The van der Waals surface area contributed by atoms with Gasteiger partial charge in [0.15, 0.2) is 0 Å². The van der Waals surface area contributed by atoms with E-state index in [1.54, 1.807) is 0 Å². The van der Waals surface area contributed by atoms with Crippen LogP contribution in [0.1, 0.15) is 20.3 Å². The molecule has 0 aliphatic rings. The molecule has 0 bridgehead atoms. The summed E-state index contributed by atoms with van der Waals surface area (Å²) in [6, 6.07) is 7.30. The van der Waals surface area contributed by atoms with E-state index in [-0.39, 0.29) is 5.25 Å². The van der Waals surface area contributed by atoms with E-state index < -0.39 is 10.8 Å². The topological polar surface area (TPSA) is 52.3 Å². The minimum absolute atomic E-state index is 0.233. The second-order valence-corrected chi connectivity index (χ2v) is 6.02. The van der Waals surface area contributed by atoms with Gasteiger partial charge in [-0.1, -0.05) is 13.8 Å². The number of benzene rings is 1. The summed E-state index contributed by atoms with van der Waals surface area (Å²) in [6.07, 6.45) is 0.815. The second kappa shape index (κ2) is 6.53. The quantitative estimate of drug-likeness (QED) is 0.613. The van der Waals surface area contributed by atoms with Crippen molar-refractivity contribution in [3.05, 3.63) is 24.3 Å². The third kappa shape index (κ3) is 4.66. The molecular formula is C12H19NO2S. The Kier molecular flexibility index (Phi) is 5.32. The maximum absolute atomic E-state index is 11.4. The Morgan fingerprint density at radius 2 is 1.94 bits per heavy atom. The van der Waals surface area contributed by atoms with E-state index >= 15 is 0 Å². The molecule has 0 aliphatic carbocycles. The van der Waals surface area contributed by atoms with Gasteiger partial charge >= 0.3 is 0 Å². The number of nitrogens with two attached hydrogens (primary N) is 1. The van der Waals surface area contributed by atoms with Crippen molar-refractivity contribution in [2.75, 3.05) is 18.1 Å². The molecule has 3 nitrogen and oxygen atoms in total. The molecule has 4 heteroatoms. The van der Waals surface area contributed by atoms with Crippen molar-refractivity contribution in [3.63, 3.8) is 0 Å². The van der Waals surface area contributed by atoms with E-state index in [1.807, 2.05) is 38.1 Å². The molecule has 0 heterocycles. The predicted octanol–water partition coefficient (Wildman–Crippen LogP) is 2.19. The standard InChI is InChI=1S/C12H19NO2S/c1-10(2)16(14)9-3-8-15-12-6-4-11(13)5-7-12/h4-7,10H,3,8-9,13H2,1-2H3. The molecule has 0 aromatic heterocycles. The van der Waals surface area contributed by atoms with Crippen LogP contribution in [0, 0.1) is 0 Å². The number of hydrogen-bond acceptors (Lipinski definition) is 3. The van der Waals surface area contributed by atoms with Gasteiger partial charge in [-0.25, -0.2) is 0 Å². The minimum atomic E-state index is -0.733. The summed E-state index contributed by atoms with van der Waals surface area (Å²) < 4.78 is 16.9. The Bertz CT molecular complexity index is 335. The molecule has 90 valence electrons. The van der Waals surface area contributed by atoms with Gasteiger partial charge in [0, 0.05) is 27.5 Å². The van der Waals surface area contributed by atoms with Gasteiger partial charge in [-0.15, -0.1) is 0 Å². The maximum Gasteiger partial charge on any atom is 0.119 e. The van der Waals surface area contributed by atoms with Crippen LogP contribution in [0.15, 0.2) is 24.3 Å². The lowest BCUT2D eigenvalue weighted by atomic mass is 10.3. The molecule has 0 saturated carbocycles. The smallest absolute Gasteiger partial charge is 0.119 e. The van der Waals surface area contributed by atoms with Gasteiger partial charge in [0.1, 0.15) is 5.75 Å². The molecule has 0 fully saturated rings. The van der Waals surface area contributed by atoms with Crippen LogP contribution in [0.3, 0.4) is 0 Å². The highest BCUT2D eigenvalue weighted by molar-refractivity contribution is 7.85. The van der Waals surface area contributed by atoms with Crippen molar-refractivity contribution in [2.45, 2.75) is 25.5 Å². The second-order valence-electron chi connectivity index (χ2n) is 3.90. The highest BCUT2D eigenvalue weighted by Crippen LogP contribution is 2.13. The normalized spacial score (nSPS) is 12.7. The Morgan fingerprint density at radius 3 is 2.50 bits per heavy atom. The minimum Gasteiger partial charge on any atom is -0.494 e. The number of nitrogen functional groups attached to an aromatic ring is 1. The molecule has 1 unspecified atom stereocenters. The third-order valence-corrected chi connectivity index (χ3v) is 3.91. The molecule has 0 spiro atoms. The first-order valence-electron chi connectivity index (χ1n) is 5.45. The van der Waals surface area contributed by atoms with Crippen LogP contribution in [0.5, 0.6) is 5.75 Å². The summed E-state index contributed by atoms with van der Waals surface area (Å²) in [7, 11) is -0.733. The van der Waals surface area contributed by atoms with E-state index in [0.717, 1.165) is 17.9 Å². The van der Waals surface area contributed by atoms with Crippen LogP contribution >= 0.6 is 0 Å². The summed E-state index contributed by atoms with van der Waals surface area (Å²) >= 11 is 0. The lowest BCUT2D eigenvalue weighted by Gasteiger charge is -2.07. The molecule has 0 saturated heterocycles. The Hall–Kier alpha value is -1.03. The summed E-state index contributed by atoms with van der Waals surface area (Å²) in [6.45, 7) is 4.54. The van der Waals surface area contributed by atoms with Crippen LogP contribution in [-0.2, 0) is 10.8 Å². The lowest BCUT2D eigenvalue weighted by Crippen LogP contribution is -2.12. The number of rotatable bonds is 6. The zero-order valence-corrected chi connectivity index (χ0v) is 10.6. The molecule has 0 amide bonds. The Morgan fingerprint density at radius 1 is 1.31 bits per heavy atom. The third-order valence-electron chi connectivity index (χ3n) is 2.16. The fourth-order valence-electron chi connectivity index (χ4n) is 1.19. The molecule has 0 aliphatic heterocycles. The van der Waals surface area contributed by atoms with E-state index in [1.165, 1.54) is 0 Å². The summed E-state index contributed by atoms with van der Waals surface area (Å²) in [5, 5.41) is 0.233. The predicted molar refractivity (Wildman–Crippen MR) is 69.1 cm³/mol. The van der Waals surface area contributed by atoms with Gasteiger partial charge in [0.25, 0.3) is 0 Å². The molecule has 1 atom stereocenters. The molecule has 16 heavy (non-hydrogen) atoms. The van der Waals surface area contributed by atoms with E-state index in [4.69, 9.17) is 10.5 Å². The largest absolute Gasteiger partial charge is 0.494 e. The van der Waals surface area contributed by atoms with Crippen molar-refractivity contribution in [3.8, 4) is 5.75 Å². The van der Waals surface area contributed by atoms with Gasteiger partial charge in [-0.2, -0.15) is 0 Å². The van der Waals surface area contributed by atoms with Crippen molar-refractivity contribution in [1.82, 2.24) is 0 Å². The van der Waals surface area contributed by atoms with Crippen LogP contribution in [0.4, 0.5) is 5.69 Å². The first kappa shape index (κ1) is 13.0. The van der Waals surface area contributed by atoms with Crippen molar-refractivity contribution in [1.29, 1.82) is 0 Å². The Labute approximate surface area is 99.4 Å². The number of hydrogen-bond donors (Lipinski definition) is 1. The van der Waals surface area contributed by atoms with E-state index in [0.29, 0.717) is 12.4 Å². The molecule has 1 aromatic rings. The summed E-state index contributed by atoms with van der Waals surface area (Å²) in [4.78, 5) is 0. The van der Waals surface area contributed by atoms with Crippen molar-refractivity contribution >= 4 is 16.5 Å². The van der Waals surface area contributed by atoms with Gasteiger partial charge < -0.3 is 10.5 Å². The van der Waals surface area contributed by atoms with Crippen LogP contribution in [-0.4, -0.2) is 21.8 Å². The Balaban J connectivity index is 2.21. The molecule has 1 rings (SSSR count). The fourth-order valence-corrected chi connectivity index (χ4v) is 2.06. The monoisotopic (exact) mass is 241 g/mol. The first-order valence-corrected chi connectivity index (χ1v) is 6.83. The molecule has 2 N–H and O–H groups in total. The van der Waals surface area contributed by atoms with Gasteiger partial charge in [-0.05, 0) is 30.7 Å². The van der Waals surface area contributed by atoms with Gasteiger partial charge in [0.05, 0.1) is 6.61 Å². The maximum atomic E-state index is 11.4. The van der Waals surface area contributed by atoms with Crippen LogP contribution in [0.2, 0.25) is 0 Å². The highest BCUT2D eigenvalue weighted by Gasteiger charge is 2.04. The highest BCUT2D eigenvalue weighted by atomic mass is 32.2. The summed E-state index contributed by atoms with van der Waals surface area (Å²) in [5.74, 6) is 1.51. The zero-order chi connectivity index (χ0) is 12.0. The first-order chi connectivity index (χ1) is 7.59. The van der Waals surface area contributed by atoms with Gasteiger partial charge in [-0.3, -0.25) is 4.21 Å².